The van der Waals surface area contributed by atoms with Gasteiger partial charge in [0.25, 0.3) is 0 Å². The maximum Gasteiger partial charge on any atom is 0.134 e. The van der Waals surface area contributed by atoms with E-state index in [9.17, 15) is 0 Å². The lowest BCUT2D eigenvalue weighted by Crippen LogP contribution is -2.17. The summed E-state index contributed by atoms with van der Waals surface area (Å²) in [5, 5.41) is 4.43. The van der Waals surface area contributed by atoms with Crippen LogP contribution in [-0.2, 0) is 0 Å². The van der Waals surface area contributed by atoms with Crippen molar-refractivity contribution < 1.29 is 9.15 Å². The van der Waals surface area contributed by atoms with E-state index in [2.05, 4.69) is 29.6 Å². The molecule has 3 nitrogen and oxygen atoms in total. The molecule has 3 heteroatoms. The number of furan rings is 1. The second kappa shape index (κ2) is 6.02. The number of para-hydroxylation sites is 1. The van der Waals surface area contributed by atoms with Crippen LogP contribution < -0.4 is 10.1 Å². The summed E-state index contributed by atoms with van der Waals surface area (Å²) in [5.74, 6) is 1.79. The molecular weight excluding hydrogens is 262 g/mol. The normalized spacial score (nSPS) is 12.5. The van der Waals surface area contributed by atoms with Crippen molar-refractivity contribution in [3.8, 4) is 5.75 Å². The van der Waals surface area contributed by atoms with Crippen LogP contribution in [0.4, 0.5) is 0 Å². The van der Waals surface area contributed by atoms with Gasteiger partial charge in [-0.15, -0.1) is 0 Å². The predicted octanol–water partition coefficient (Wildman–Crippen LogP) is 4.14. The molecule has 3 aromatic rings. The lowest BCUT2D eigenvalue weighted by molar-refractivity contribution is 0.339. The van der Waals surface area contributed by atoms with Gasteiger partial charge in [0.15, 0.2) is 0 Å². The first-order valence-corrected chi connectivity index (χ1v) is 7.20. The molecule has 2 aromatic carbocycles. The second-order valence-corrected chi connectivity index (χ2v) is 4.91. The van der Waals surface area contributed by atoms with Gasteiger partial charge in [-0.25, -0.2) is 0 Å². The van der Waals surface area contributed by atoms with Gasteiger partial charge in [-0.05, 0) is 43.8 Å². The Morgan fingerprint density at radius 3 is 2.71 bits per heavy atom. The number of hydrogen-bond donors (Lipinski definition) is 1. The van der Waals surface area contributed by atoms with Gasteiger partial charge < -0.3 is 14.5 Å². The first kappa shape index (κ1) is 13.7. The smallest absolute Gasteiger partial charge is 0.134 e. The number of rotatable bonds is 5. The van der Waals surface area contributed by atoms with E-state index in [4.69, 9.17) is 9.15 Å². The summed E-state index contributed by atoms with van der Waals surface area (Å²) >= 11 is 0. The van der Waals surface area contributed by atoms with E-state index in [1.54, 1.807) is 0 Å². The quantitative estimate of drug-likeness (QED) is 0.763. The van der Waals surface area contributed by atoms with Gasteiger partial charge in [-0.2, -0.15) is 0 Å². The van der Waals surface area contributed by atoms with E-state index in [1.165, 1.54) is 0 Å². The molecular formula is C18H19NO2. The molecule has 0 fully saturated rings. The Balaban J connectivity index is 1.99. The van der Waals surface area contributed by atoms with Crippen LogP contribution in [0.1, 0.15) is 24.3 Å². The van der Waals surface area contributed by atoms with Crippen LogP contribution in [-0.4, -0.2) is 13.7 Å². The van der Waals surface area contributed by atoms with E-state index in [0.29, 0.717) is 6.61 Å². The number of ether oxygens (including phenoxy) is 1. The zero-order valence-corrected chi connectivity index (χ0v) is 12.3. The lowest BCUT2D eigenvalue weighted by atomic mass is 10.0. The van der Waals surface area contributed by atoms with Crippen LogP contribution in [0.25, 0.3) is 11.0 Å². The Bertz CT molecular complexity index is 700. The van der Waals surface area contributed by atoms with Crippen molar-refractivity contribution in [2.24, 2.45) is 0 Å². The maximum absolute atomic E-state index is 5.97. The molecule has 0 spiro atoms. The third-order valence-corrected chi connectivity index (χ3v) is 3.52. The van der Waals surface area contributed by atoms with E-state index in [-0.39, 0.29) is 6.04 Å². The topological polar surface area (TPSA) is 34.4 Å². The van der Waals surface area contributed by atoms with Crippen LogP contribution >= 0.6 is 0 Å². The van der Waals surface area contributed by atoms with Crippen molar-refractivity contribution in [2.75, 3.05) is 13.7 Å². The van der Waals surface area contributed by atoms with E-state index >= 15 is 0 Å². The average molecular weight is 281 g/mol. The largest absolute Gasteiger partial charge is 0.494 e. The summed E-state index contributed by atoms with van der Waals surface area (Å²) in [6.45, 7) is 2.65. The van der Waals surface area contributed by atoms with Crippen LogP contribution in [0, 0.1) is 0 Å². The maximum atomic E-state index is 5.97. The summed E-state index contributed by atoms with van der Waals surface area (Å²) in [7, 11) is 1.94. The fraction of sp³-hybridized carbons (Fsp3) is 0.222. The second-order valence-electron chi connectivity index (χ2n) is 4.91. The Labute approximate surface area is 124 Å². The molecule has 108 valence electrons. The average Bonchev–Trinajstić information content (AvgIpc) is 2.92. The van der Waals surface area contributed by atoms with Crippen LogP contribution in [0.15, 0.2) is 59.0 Å². The van der Waals surface area contributed by atoms with Gasteiger partial charge in [0, 0.05) is 5.39 Å². The van der Waals surface area contributed by atoms with Gasteiger partial charge in [-0.3, -0.25) is 0 Å². The van der Waals surface area contributed by atoms with Gasteiger partial charge in [-0.1, -0.05) is 30.3 Å². The van der Waals surface area contributed by atoms with Crippen molar-refractivity contribution in [2.45, 2.75) is 13.0 Å². The number of fused-ring (bicyclic) bond motifs is 1. The fourth-order valence-electron chi connectivity index (χ4n) is 2.57. The minimum absolute atomic E-state index is 0.0119. The minimum atomic E-state index is 0.0119. The molecule has 0 radical (unpaired) electrons. The summed E-state index contributed by atoms with van der Waals surface area (Å²) in [6.07, 6.45) is 0. The summed E-state index contributed by atoms with van der Waals surface area (Å²) in [4.78, 5) is 0. The summed E-state index contributed by atoms with van der Waals surface area (Å²) < 4.78 is 11.5. The molecule has 1 unspecified atom stereocenters. The molecule has 1 heterocycles. The molecule has 1 aromatic heterocycles. The Hall–Kier alpha value is -2.26. The van der Waals surface area contributed by atoms with Gasteiger partial charge in [0.2, 0.25) is 0 Å². The van der Waals surface area contributed by atoms with Crippen LogP contribution in [0.2, 0.25) is 0 Å². The number of hydrogen-bond acceptors (Lipinski definition) is 3. The van der Waals surface area contributed by atoms with E-state index in [0.717, 1.165) is 28.0 Å². The molecule has 0 aliphatic carbocycles. The SMILES string of the molecule is CCOc1cccc(C(NC)c2cc3ccccc3o2)c1. The number of nitrogens with one attached hydrogen (secondary N) is 1. The highest BCUT2D eigenvalue weighted by Gasteiger charge is 2.17. The third-order valence-electron chi connectivity index (χ3n) is 3.52. The van der Waals surface area contributed by atoms with Gasteiger partial charge >= 0.3 is 0 Å². The number of benzene rings is 2. The molecule has 0 saturated heterocycles. The summed E-state index contributed by atoms with van der Waals surface area (Å²) in [6, 6.07) is 18.3. The van der Waals surface area contributed by atoms with Gasteiger partial charge in [0.05, 0.1) is 12.6 Å². The monoisotopic (exact) mass is 281 g/mol. The highest BCUT2D eigenvalue weighted by Crippen LogP contribution is 2.29. The zero-order chi connectivity index (χ0) is 14.7. The summed E-state index contributed by atoms with van der Waals surface area (Å²) in [5.41, 5.74) is 2.04. The Morgan fingerprint density at radius 2 is 1.95 bits per heavy atom. The van der Waals surface area contributed by atoms with Crippen molar-refractivity contribution in [1.29, 1.82) is 0 Å². The van der Waals surface area contributed by atoms with Crippen molar-refractivity contribution in [3.63, 3.8) is 0 Å². The predicted molar refractivity (Wildman–Crippen MR) is 84.7 cm³/mol. The minimum Gasteiger partial charge on any atom is -0.494 e. The van der Waals surface area contributed by atoms with Crippen molar-refractivity contribution >= 4 is 11.0 Å². The molecule has 0 bridgehead atoms. The molecule has 0 aliphatic heterocycles. The molecule has 21 heavy (non-hydrogen) atoms. The Kier molecular flexibility index (Phi) is 3.93. The van der Waals surface area contributed by atoms with E-state index < -0.39 is 0 Å². The van der Waals surface area contributed by atoms with Crippen LogP contribution in [0.5, 0.6) is 5.75 Å². The first-order chi connectivity index (χ1) is 10.3. The third kappa shape index (κ3) is 2.78. The molecule has 1 N–H and O–H groups in total. The zero-order valence-electron chi connectivity index (χ0n) is 12.3. The highest BCUT2D eigenvalue weighted by atomic mass is 16.5. The van der Waals surface area contributed by atoms with Crippen LogP contribution in [0.3, 0.4) is 0 Å². The standard InChI is InChI=1S/C18H19NO2/c1-3-20-15-9-6-8-14(11-15)18(19-2)17-12-13-7-4-5-10-16(13)21-17/h4-12,18-19H,3H2,1-2H3. The van der Waals surface area contributed by atoms with Gasteiger partial charge in [0.1, 0.15) is 17.1 Å². The van der Waals surface area contributed by atoms with E-state index in [1.807, 2.05) is 44.3 Å². The molecule has 0 saturated carbocycles. The lowest BCUT2D eigenvalue weighted by Gasteiger charge is -2.15. The van der Waals surface area contributed by atoms with Crippen molar-refractivity contribution in [3.05, 3.63) is 65.9 Å². The molecule has 3 rings (SSSR count). The fourth-order valence-corrected chi connectivity index (χ4v) is 2.57. The first-order valence-electron chi connectivity index (χ1n) is 7.20. The highest BCUT2D eigenvalue weighted by molar-refractivity contribution is 5.78. The van der Waals surface area contributed by atoms with Crippen molar-refractivity contribution in [1.82, 2.24) is 5.32 Å². The Morgan fingerprint density at radius 1 is 1.10 bits per heavy atom. The molecule has 1 atom stereocenters. The molecule has 0 aliphatic rings. The molecule has 0 amide bonds.